The average Bonchev–Trinajstić information content (AvgIpc) is 2.89. The first-order valence-corrected chi connectivity index (χ1v) is 6.53. The van der Waals surface area contributed by atoms with Gasteiger partial charge in [0.05, 0.1) is 7.11 Å². The van der Waals surface area contributed by atoms with Gasteiger partial charge in [-0.2, -0.15) is 0 Å². The number of rotatable bonds is 4. The van der Waals surface area contributed by atoms with Crippen molar-refractivity contribution in [2.75, 3.05) is 7.11 Å². The first-order chi connectivity index (χ1) is 9.36. The van der Waals surface area contributed by atoms with Gasteiger partial charge in [-0.1, -0.05) is 30.3 Å². The maximum absolute atomic E-state index is 5.17. The molecule has 0 bridgehead atoms. The van der Waals surface area contributed by atoms with E-state index in [1.807, 2.05) is 12.1 Å². The summed E-state index contributed by atoms with van der Waals surface area (Å²) in [4.78, 5) is 0. The van der Waals surface area contributed by atoms with Gasteiger partial charge in [-0.15, -0.1) is 0 Å². The molecule has 0 atom stereocenters. The molecule has 0 amide bonds. The Labute approximate surface area is 113 Å². The van der Waals surface area contributed by atoms with E-state index in [-0.39, 0.29) is 0 Å². The number of hydrogen-bond acceptors (Lipinski definition) is 1. The highest BCUT2D eigenvalue weighted by Gasteiger charge is 2.00. The van der Waals surface area contributed by atoms with E-state index >= 15 is 0 Å². The molecule has 0 saturated heterocycles. The van der Waals surface area contributed by atoms with Crippen molar-refractivity contribution >= 4 is 10.9 Å². The van der Waals surface area contributed by atoms with Crippen LogP contribution in [0.5, 0.6) is 5.75 Å². The van der Waals surface area contributed by atoms with Crippen molar-refractivity contribution in [3.8, 4) is 5.75 Å². The lowest BCUT2D eigenvalue weighted by Gasteiger charge is -2.06. The quantitative estimate of drug-likeness (QED) is 0.686. The Balaban J connectivity index is 1.74. The summed E-state index contributed by atoms with van der Waals surface area (Å²) < 4.78 is 7.48. The summed E-state index contributed by atoms with van der Waals surface area (Å²) in [6.45, 7) is 1.000. The number of aromatic nitrogens is 1. The molecule has 3 rings (SSSR count). The van der Waals surface area contributed by atoms with Crippen LogP contribution in [0.2, 0.25) is 0 Å². The topological polar surface area (TPSA) is 14.2 Å². The van der Waals surface area contributed by atoms with Crippen molar-refractivity contribution in [2.45, 2.75) is 13.0 Å². The molecule has 1 heterocycles. The van der Waals surface area contributed by atoms with Crippen LogP contribution in [0.1, 0.15) is 5.56 Å². The highest BCUT2D eigenvalue weighted by atomic mass is 16.5. The molecule has 0 fully saturated rings. The Morgan fingerprint density at radius 1 is 0.947 bits per heavy atom. The molecule has 0 saturated carbocycles. The lowest BCUT2D eigenvalue weighted by atomic mass is 10.1. The number of methoxy groups -OCH3 is 1. The second-order valence-corrected chi connectivity index (χ2v) is 4.67. The van der Waals surface area contributed by atoms with Crippen LogP contribution >= 0.6 is 0 Å². The Hall–Kier alpha value is -2.22. The van der Waals surface area contributed by atoms with Gasteiger partial charge in [-0.25, -0.2) is 0 Å². The van der Waals surface area contributed by atoms with Crippen molar-refractivity contribution in [2.24, 2.45) is 0 Å². The largest absolute Gasteiger partial charge is 0.497 e. The highest BCUT2D eigenvalue weighted by Crippen LogP contribution is 2.17. The molecule has 2 aromatic carbocycles. The lowest BCUT2D eigenvalue weighted by Crippen LogP contribution is -1.99. The molecular formula is C17H17NO. The molecule has 96 valence electrons. The summed E-state index contributed by atoms with van der Waals surface area (Å²) in [6, 6.07) is 19.0. The second kappa shape index (κ2) is 5.19. The predicted octanol–water partition coefficient (Wildman–Crippen LogP) is 3.89. The van der Waals surface area contributed by atoms with Gasteiger partial charge in [0.1, 0.15) is 5.75 Å². The molecule has 2 nitrogen and oxygen atoms in total. The fourth-order valence-electron chi connectivity index (χ4n) is 2.38. The molecule has 0 spiro atoms. The first kappa shape index (κ1) is 11.8. The molecule has 0 aliphatic rings. The van der Waals surface area contributed by atoms with Crippen molar-refractivity contribution in [1.82, 2.24) is 4.57 Å². The molecule has 0 radical (unpaired) electrons. The minimum Gasteiger partial charge on any atom is -0.497 e. The summed E-state index contributed by atoms with van der Waals surface area (Å²) >= 11 is 0. The summed E-state index contributed by atoms with van der Waals surface area (Å²) in [5.41, 5.74) is 2.63. The number of fused-ring (bicyclic) bond motifs is 1. The summed E-state index contributed by atoms with van der Waals surface area (Å²) in [7, 11) is 1.70. The molecule has 0 aliphatic heterocycles. The first-order valence-electron chi connectivity index (χ1n) is 6.53. The van der Waals surface area contributed by atoms with Crippen LogP contribution in [-0.4, -0.2) is 11.7 Å². The lowest BCUT2D eigenvalue weighted by molar-refractivity contribution is 0.414. The van der Waals surface area contributed by atoms with Crippen LogP contribution in [0.4, 0.5) is 0 Å². The van der Waals surface area contributed by atoms with E-state index in [2.05, 4.69) is 53.2 Å². The van der Waals surface area contributed by atoms with Crippen LogP contribution in [0.15, 0.2) is 60.8 Å². The van der Waals surface area contributed by atoms with Crippen molar-refractivity contribution in [3.05, 3.63) is 66.4 Å². The number of hydrogen-bond donors (Lipinski definition) is 0. The summed E-state index contributed by atoms with van der Waals surface area (Å²) in [6.07, 6.45) is 3.19. The van der Waals surface area contributed by atoms with Gasteiger partial charge in [-0.3, -0.25) is 0 Å². The minimum atomic E-state index is 0.912. The zero-order valence-corrected chi connectivity index (χ0v) is 11.0. The standard InChI is InChI=1S/C17H17NO/c1-19-16-8-6-14(7-9-16)10-12-18-13-11-15-4-2-3-5-17(15)18/h2-9,11,13H,10,12H2,1H3. The average molecular weight is 251 g/mol. The number of benzene rings is 2. The maximum atomic E-state index is 5.17. The van der Waals surface area contributed by atoms with E-state index < -0.39 is 0 Å². The van der Waals surface area contributed by atoms with E-state index in [0.29, 0.717) is 0 Å². The number of ether oxygens (including phenoxy) is 1. The normalized spacial score (nSPS) is 10.8. The van der Waals surface area contributed by atoms with E-state index in [4.69, 9.17) is 4.74 Å². The predicted molar refractivity (Wildman–Crippen MR) is 78.6 cm³/mol. The van der Waals surface area contributed by atoms with Crippen LogP contribution in [0, 0.1) is 0 Å². The molecule has 1 aromatic heterocycles. The molecule has 0 N–H and O–H groups in total. The van der Waals surface area contributed by atoms with Gasteiger partial charge in [-0.05, 0) is 41.6 Å². The monoisotopic (exact) mass is 251 g/mol. The van der Waals surface area contributed by atoms with Gasteiger partial charge in [0, 0.05) is 18.3 Å². The summed E-state index contributed by atoms with van der Waals surface area (Å²) in [5, 5.41) is 1.30. The van der Waals surface area contributed by atoms with Crippen LogP contribution < -0.4 is 4.74 Å². The molecule has 2 heteroatoms. The third-order valence-corrected chi connectivity index (χ3v) is 3.48. The van der Waals surface area contributed by atoms with Gasteiger partial charge in [0.25, 0.3) is 0 Å². The van der Waals surface area contributed by atoms with Crippen LogP contribution in [-0.2, 0) is 13.0 Å². The fraction of sp³-hybridized carbons (Fsp3) is 0.176. The Bertz CT molecular complexity index is 667. The van der Waals surface area contributed by atoms with Gasteiger partial charge >= 0.3 is 0 Å². The molecule has 3 aromatic rings. The SMILES string of the molecule is COc1ccc(CCn2ccc3ccccc32)cc1. The minimum absolute atomic E-state index is 0.912. The maximum Gasteiger partial charge on any atom is 0.118 e. The highest BCUT2D eigenvalue weighted by molar-refractivity contribution is 5.79. The molecule has 19 heavy (non-hydrogen) atoms. The van der Waals surface area contributed by atoms with E-state index in [1.54, 1.807) is 7.11 Å². The van der Waals surface area contributed by atoms with Gasteiger partial charge in [0.15, 0.2) is 0 Å². The van der Waals surface area contributed by atoms with Crippen molar-refractivity contribution in [1.29, 1.82) is 0 Å². The third-order valence-electron chi connectivity index (χ3n) is 3.48. The number of para-hydroxylation sites is 1. The zero-order chi connectivity index (χ0) is 13.1. The van der Waals surface area contributed by atoms with Crippen molar-refractivity contribution in [3.63, 3.8) is 0 Å². The Morgan fingerprint density at radius 2 is 1.74 bits per heavy atom. The molecule has 0 unspecified atom stereocenters. The zero-order valence-electron chi connectivity index (χ0n) is 11.0. The van der Waals surface area contributed by atoms with E-state index in [0.717, 1.165) is 18.7 Å². The number of nitrogens with zero attached hydrogens (tertiary/aromatic N) is 1. The number of aryl methyl sites for hydroxylation is 2. The summed E-state index contributed by atoms with van der Waals surface area (Å²) in [5.74, 6) is 0.912. The van der Waals surface area contributed by atoms with Crippen LogP contribution in [0.25, 0.3) is 10.9 Å². The Morgan fingerprint density at radius 3 is 2.53 bits per heavy atom. The van der Waals surface area contributed by atoms with E-state index in [9.17, 15) is 0 Å². The van der Waals surface area contributed by atoms with Gasteiger partial charge < -0.3 is 9.30 Å². The molecular weight excluding hydrogens is 234 g/mol. The third kappa shape index (κ3) is 2.48. The van der Waals surface area contributed by atoms with Gasteiger partial charge in [0.2, 0.25) is 0 Å². The molecule has 0 aliphatic carbocycles. The Kier molecular flexibility index (Phi) is 3.23. The fourth-order valence-corrected chi connectivity index (χ4v) is 2.38. The smallest absolute Gasteiger partial charge is 0.118 e. The second-order valence-electron chi connectivity index (χ2n) is 4.67. The van der Waals surface area contributed by atoms with E-state index in [1.165, 1.54) is 16.5 Å². The van der Waals surface area contributed by atoms with Crippen LogP contribution in [0.3, 0.4) is 0 Å². The van der Waals surface area contributed by atoms with Crippen molar-refractivity contribution < 1.29 is 4.74 Å².